The monoisotopic (exact) mass is 198 g/mol. The Morgan fingerprint density at radius 1 is 1.43 bits per heavy atom. The van der Waals surface area contributed by atoms with E-state index in [1.54, 1.807) is 12.1 Å². The van der Waals surface area contributed by atoms with Gasteiger partial charge < -0.3 is 5.11 Å². The molecule has 2 rings (SSSR count). The van der Waals surface area contributed by atoms with Crippen LogP contribution < -0.4 is 0 Å². The summed E-state index contributed by atoms with van der Waals surface area (Å²) in [6, 6.07) is 5.97. The van der Waals surface area contributed by atoms with Crippen LogP contribution in [0.25, 0.3) is 0 Å². The number of fused-ring (bicyclic) bond motifs is 1. The van der Waals surface area contributed by atoms with Crippen molar-refractivity contribution in [3.05, 3.63) is 35.4 Å². The van der Waals surface area contributed by atoms with Crippen molar-refractivity contribution in [3.63, 3.8) is 0 Å². The maximum Gasteiger partial charge on any atom is 0.313 e. The third-order valence-corrected chi connectivity index (χ3v) is 2.54. The average Bonchev–Trinajstić information content (AvgIpc) is 2.39. The molecule has 0 spiro atoms. The number of carboxylic acids is 1. The summed E-state index contributed by atoms with van der Waals surface area (Å²) in [4.78, 5) is 10.6. The van der Waals surface area contributed by atoms with E-state index in [0.717, 1.165) is 0 Å². The van der Waals surface area contributed by atoms with Crippen molar-refractivity contribution in [3.8, 4) is 0 Å². The van der Waals surface area contributed by atoms with Gasteiger partial charge in [0.2, 0.25) is 0 Å². The lowest BCUT2D eigenvalue weighted by atomic mass is 10.0. The molecule has 1 unspecified atom stereocenters. The number of carbonyl (C=O) groups is 1. The quantitative estimate of drug-likeness (QED) is 0.749. The molecule has 0 fully saturated rings. The van der Waals surface area contributed by atoms with Crippen LogP contribution in [-0.4, -0.2) is 11.1 Å². The Morgan fingerprint density at radius 2 is 2.07 bits per heavy atom. The van der Waals surface area contributed by atoms with Crippen LogP contribution in [-0.2, 0) is 17.1 Å². The molecule has 1 aliphatic rings. The molecule has 1 atom stereocenters. The summed E-state index contributed by atoms with van der Waals surface area (Å²) in [7, 11) is 0. The largest absolute Gasteiger partial charge is 0.481 e. The van der Waals surface area contributed by atoms with E-state index in [0.29, 0.717) is 5.56 Å². The average molecular weight is 198 g/mol. The van der Waals surface area contributed by atoms with Crippen molar-refractivity contribution < 1.29 is 18.7 Å². The Kier molecular flexibility index (Phi) is 1.80. The van der Waals surface area contributed by atoms with Gasteiger partial charge in [-0.15, -0.1) is 0 Å². The van der Waals surface area contributed by atoms with Crippen LogP contribution in [0.4, 0.5) is 8.78 Å². The third-order valence-electron chi connectivity index (χ3n) is 2.54. The predicted molar refractivity (Wildman–Crippen MR) is 45.2 cm³/mol. The molecule has 1 N–H and O–H groups in total. The molecule has 0 aromatic heterocycles. The number of alkyl halides is 2. The van der Waals surface area contributed by atoms with Crippen molar-refractivity contribution in [2.45, 2.75) is 12.3 Å². The van der Waals surface area contributed by atoms with Crippen molar-refractivity contribution in [2.75, 3.05) is 0 Å². The van der Waals surface area contributed by atoms with Crippen molar-refractivity contribution >= 4 is 5.97 Å². The standard InChI is InChI=1S/C10H8F2O2/c11-10(12)7-4-2-1-3-6(7)5-8(10)9(13)14/h1-4,8H,5H2,(H,13,14). The van der Waals surface area contributed by atoms with Crippen LogP contribution in [0.1, 0.15) is 11.1 Å². The Morgan fingerprint density at radius 3 is 2.64 bits per heavy atom. The fourth-order valence-corrected chi connectivity index (χ4v) is 1.80. The first kappa shape index (κ1) is 9.12. The maximum atomic E-state index is 13.5. The van der Waals surface area contributed by atoms with Gasteiger partial charge in [-0.3, -0.25) is 4.79 Å². The number of halogens is 2. The molecule has 1 aliphatic carbocycles. The van der Waals surface area contributed by atoms with Crippen LogP contribution in [0.15, 0.2) is 24.3 Å². The lowest BCUT2D eigenvalue weighted by Gasteiger charge is -2.15. The highest BCUT2D eigenvalue weighted by Gasteiger charge is 2.52. The van der Waals surface area contributed by atoms with E-state index in [-0.39, 0.29) is 12.0 Å². The lowest BCUT2D eigenvalue weighted by molar-refractivity contribution is -0.156. The van der Waals surface area contributed by atoms with Crippen molar-refractivity contribution in [2.24, 2.45) is 5.92 Å². The Bertz CT molecular complexity index is 387. The first-order chi connectivity index (χ1) is 6.53. The van der Waals surface area contributed by atoms with Crippen LogP contribution in [0, 0.1) is 5.92 Å². The van der Waals surface area contributed by atoms with E-state index in [4.69, 9.17) is 5.11 Å². The smallest absolute Gasteiger partial charge is 0.313 e. The Hall–Kier alpha value is -1.45. The first-order valence-corrected chi connectivity index (χ1v) is 4.22. The molecule has 0 aliphatic heterocycles. The minimum Gasteiger partial charge on any atom is -0.481 e. The highest BCUT2D eigenvalue weighted by Crippen LogP contribution is 2.45. The summed E-state index contributed by atoms with van der Waals surface area (Å²) in [6.45, 7) is 0. The van der Waals surface area contributed by atoms with Crippen LogP contribution in [0.2, 0.25) is 0 Å². The van der Waals surface area contributed by atoms with E-state index < -0.39 is 17.8 Å². The number of hydrogen-bond donors (Lipinski definition) is 1. The normalized spacial score (nSPS) is 23.1. The Balaban J connectivity index is 2.50. The van der Waals surface area contributed by atoms with Gasteiger partial charge in [0.15, 0.2) is 0 Å². The van der Waals surface area contributed by atoms with Gasteiger partial charge in [-0.2, -0.15) is 0 Å². The first-order valence-electron chi connectivity index (χ1n) is 4.22. The topological polar surface area (TPSA) is 37.3 Å². The molecular formula is C10H8F2O2. The molecule has 0 amide bonds. The molecular weight excluding hydrogens is 190 g/mol. The Labute approximate surface area is 79.2 Å². The molecule has 0 saturated heterocycles. The van der Waals surface area contributed by atoms with Gasteiger partial charge in [0.1, 0.15) is 5.92 Å². The maximum absolute atomic E-state index is 13.5. The summed E-state index contributed by atoms with van der Waals surface area (Å²) in [5, 5.41) is 8.64. The number of hydrogen-bond acceptors (Lipinski definition) is 1. The number of carboxylic acid groups (broad SMARTS) is 1. The molecule has 1 aromatic carbocycles. The summed E-state index contributed by atoms with van der Waals surface area (Å²) in [5.41, 5.74) is 0.289. The second-order valence-corrected chi connectivity index (χ2v) is 3.38. The van der Waals surface area contributed by atoms with E-state index in [2.05, 4.69) is 0 Å². The number of rotatable bonds is 1. The van der Waals surface area contributed by atoms with Gasteiger partial charge in [0.05, 0.1) is 0 Å². The zero-order valence-corrected chi connectivity index (χ0v) is 7.21. The SMILES string of the molecule is O=C(O)C1Cc2ccccc2C1(F)F. The summed E-state index contributed by atoms with van der Waals surface area (Å²) in [6.07, 6.45) is -0.0848. The lowest BCUT2D eigenvalue weighted by Crippen LogP contribution is -2.28. The molecule has 14 heavy (non-hydrogen) atoms. The second kappa shape index (κ2) is 2.77. The number of benzene rings is 1. The van der Waals surface area contributed by atoms with Crippen LogP contribution in [0.3, 0.4) is 0 Å². The van der Waals surface area contributed by atoms with Gasteiger partial charge in [0, 0.05) is 5.56 Å². The summed E-state index contributed by atoms with van der Waals surface area (Å²) >= 11 is 0. The minimum absolute atomic E-state index is 0.0848. The van der Waals surface area contributed by atoms with E-state index in [1.807, 2.05) is 0 Å². The molecule has 0 bridgehead atoms. The van der Waals surface area contributed by atoms with Gasteiger partial charge in [-0.25, -0.2) is 8.78 Å². The fourth-order valence-electron chi connectivity index (χ4n) is 1.80. The van der Waals surface area contributed by atoms with E-state index >= 15 is 0 Å². The molecule has 4 heteroatoms. The second-order valence-electron chi connectivity index (χ2n) is 3.38. The molecule has 0 heterocycles. The molecule has 1 aromatic rings. The summed E-state index contributed by atoms with van der Waals surface area (Å²) in [5.74, 6) is -6.28. The highest BCUT2D eigenvalue weighted by molar-refractivity contribution is 5.73. The highest BCUT2D eigenvalue weighted by atomic mass is 19.3. The van der Waals surface area contributed by atoms with Gasteiger partial charge in [0.25, 0.3) is 5.92 Å². The summed E-state index contributed by atoms with van der Waals surface area (Å²) < 4.78 is 26.9. The molecule has 0 radical (unpaired) electrons. The molecule has 2 nitrogen and oxygen atoms in total. The van der Waals surface area contributed by atoms with E-state index in [9.17, 15) is 13.6 Å². The van der Waals surface area contributed by atoms with Crippen LogP contribution in [0.5, 0.6) is 0 Å². The van der Waals surface area contributed by atoms with Gasteiger partial charge >= 0.3 is 5.97 Å². The molecule has 74 valence electrons. The van der Waals surface area contributed by atoms with Crippen molar-refractivity contribution in [1.29, 1.82) is 0 Å². The predicted octanol–water partition coefficient (Wildman–Crippen LogP) is 2.04. The van der Waals surface area contributed by atoms with Crippen LogP contribution >= 0.6 is 0 Å². The van der Waals surface area contributed by atoms with Gasteiger partial charge in [-0.1, -0.05) is 24.3 Å². The molecule has 0 saturated carbocycles. The minimum atomic E-state index is -3.23. The van der Waals surface area contributed by atoms with Gasteiger partial charge in [-0.05, 0) is 12.0 Å². The third kappa shape index (κ3) is 1.10. The van der Waals surface area contributed by atoms with Crippen molar-refractivity contribution in [1.82, 2.24) is 0 Å². The fraction of sp³-hybridized carbons (Fsp3) is 0.300. The zero-order chi connectivity index (χ0) is 10.3. The van der Waals surface area contributed by atoms with E-state index in [1.165, 1.54) is 12.1 Å². The number of aliphatic carboxylic acids is 1. The zero-order valence-electron chi connectivity index (χ0n) is 7.21.